The molecule has 1 saturated carbocycles. The van der Waals surface area contributed by atoms with Gasteiger partial charge in [0, 0.05) is 6.54 Å². The first kappa shape index (κ1) is 8.46. The van der Waals surface area contributed by atoms with Gasteiger partial charge in [0.2, 0.25) is 5.91 Å². The van der Waals surface area contributed by atoms with E-state index in [1.165, 1.54) is 12.8 Å². The zero-order chi connectivity index (χ0) is 8.27. The van der Waals surface area contributed by atoms with Crippen molar-refractivity contribution in [2.45, 2.75) is 19.3 Å². The predicted octanol–water partition coefficient (Wildman–Crippen LogP) is 0.189. The summed E-state index contributed by atoms with van der Waals surface area (Å²) >= 11 is 4.58. The smallest absolute Gasteiger partial charge is 0.226 e. The molecule has 0 atom stereocenters. The van der Waals surface area contributed by atoms with Crippen LogP contribution in [-0.4, -0.2) is 17.4 Å². The summed E-state index contributed by atoms with van der Waals surface area (Å²) in [5.41, 5.74) is 5.19. The van der Waals surface area contributed by atoms with Crippen molar-refractivity contribution in [2.75, 3.05) is 6.54 Å². The third-order valence-corrected chi connectivity index (χ3v) is 1.76. The third-order valence-electron chi connectivity index (χ3n) is 1.62. The van der Waals surface area contributed by atoms with Gasteiger partial charge >= 0.3 is 0 Å². The number of rotatable bonds is 4. The van der Waals surface area contributed by atoms with Gasteiger partial charge in [-0.15, -0.1) is 0 Å². The molecule has 0 unspecified atom stereocenters. The zero-order valence-corrected chi connectivity index (χ0v) is 7.12. The lowest BCUT2D eigenvalue weighted by Crippen LogP contribution is -2.29. The molecule has 0 bridgehead atoms. The average Bonchev–Trinajstić information content (AvgIpc) is 2.63. The third kappa shape index (κ3) is 3.93. The first-order valence-corrected chi connectivity index (χ1v) is 4.14. The Morgan fingerprint density at radius 1 is 1.64 bits per heavy atom. The highest BCUT2D eigenvalue weighted by atomic mass is 32.1. The van der Waals surface area contributed by atoms with Crippen LogP contribution >= 0.6 is 12.2 Å². The largest absolute Gasteiger partial charge is 0.393 e. The average molecular weight is 172 g/mol. The first-order chi connectivity index (χ1) is 5.18. The molecule has 3 nitrogen and oxygen atoms in total. The molecule has 1 rings (SSSR count). The number of carbonyl (C=O) groups excluding carboxylic acids is 1. The lowest BCUT2D eigenvalue weighted by atomic mass is 10.3. The summed E-state index contributed by atoms with van der Waals surface area (Å²) in [5, 5.41) is 2.77. The molecule has 1 fully saturated rings. The van der Waals surface area contributed by atoms with E-state index >= 15 is 0 Å². The first-order valence-electron chi connectivity index (χ1n) is 3.73. The zero-order valence-electron chi connectivity index (χ0n) is 6.30. The quantitative estimate of drug-likeness (QED) is 0.595. The summed E-state index contributed by atoms with van der Waals surface area (Å²) in [6.07, 6.45) is 2.67. The monoisotopic (exact) mass is 172 g/mol. The number of nitrogens with two attached hydrogens (primary N) is 1. The van der Waals surface area contributed by atoms with Crippen molar-refractivity contribution in [3.8, 4) is 0 Å². The summed E-state index contributed by atoms with van der Waals surface area (Å²) in [4.78, 5) is 11.2. The molecule has 0 radical (unpaired) electrons. The van der Waals surface area contributed by atoms with Crippen LogP contribution in [0, 0.1) is 5.92 Å². The van der Waals surface area contributed by atoms with Gasteiger partial charge in [-0.1, -0.05) is 12.2 Å². The predicted molar refractivity (Wildman–Crippen MR) is 47.1 cm³/mol. The Bertz CT molecular complexity index is 177. The summed E-state index contributed by atoms with van der Waals surface area (Å²) in [6, 6.07) is 0. The standard InChI is InChI=1S/C7H12N2OS/c8-6(11)3-7(10)9-4-5-1-2-5/h5H,1-4H2,(H2,8,11)(H,9,10). The maximum Gasteiger partial charge on any atom is 0.226 e. The molecule has 0 aliphatic heterocycles. The van der Waals surface area contributed by atoms with Crippen molar-refractivity contribution < 1.29 is 4.79 Å². The SMILES string of the molecule is NC(=S)CC(=O)NCC1CC1. The molecule has 4 heteroatoms. The minimum atomic E-state index is -0.0515. The van der Waals surface area contributed by atoms with Gasteiger partial charge in [0.15, 0.2) is 0 Å². The highest BCUT2D eigenvalue weighted by Gasteiger charge is 2.21. The van der Waals surface area contributed by atoms with E-state index in [-0.39, 0.29) is 17.3 Å². The normalized spacial score (nSPS) is 16.0. The Balaban J connectivity index is 2.04. The Kier molecular flexibility index (Phi) is 2.82. The summed E-state index contributed by atoms with van der Waals surface area (Å²) in [7, 11) is 0. The highest BCUT2D eigenvalue weighted by Crippen LogP contribution is 2.27. The highest BCUT2D eigenvalue weighted by molar-refractivity contribution is 7.80. The van der Waals surface area contributed by atoms with Gasteiger partial charge in [-0.3, -0.25) is 4.79 Å². The number of hydrogen-bond acceptors (Lipinski definition) is 2. The second-order valence-corrected chi connectivity index (χ2v) is 3.41. The molecule has 0 aromatic carbocycles. The number of hydrogen-bond donors (Lipinski definition) is 2. The maximum atomic E-state index is 10.9. The van der Waals surface area contributed by atoms with Gasteiger partial charge in [0.1, 0.15) is 0 Å². The number of carbonyl (C=O) groups is 1. The van der Waals surface area contributed by atoms with Crippen LogP contribution in [0.2, 0.25) is 0 Å². The van der Waals surface area contributed by atoms with E-state index in [0.29, 0.717) is 5.92 Å². The molecular weight excluding hydrogens is 160 g/mol. The van der Waals surface area contributed by atoms with Gasteiger partial charge in [0.25, 0.3) is 0 Å². The van der Waals surface area contributed by atoms with Crippen LogP contribution in [-0.2, 0) is 4.79 Å². The van der Waals surface area contributed by atoms with Gasteiger partial charge < -0.3 is 11.1 Å². The van der Waals surface area contributed by atoms with E-state index in [0.717, 1.165) is 6.54 Å². The molecular formula is C7H12N2OS. The minimum absolute atomic E-state index is 0.0515. The molecule has 0 saturated heterocycles. The van der Waals surface area contributed by atoms with Crippen molar-refractivity contribution in [3.63, 3.8) is 0 Å². The molecule has 1 amide bonds. The van der Waals surface area contributed by atoms with Crippen molar-refractivity contribution in [3.05, 3.63) is 0 Å². The lowest BCUT2D eigenvalue weighted by Gasteiger charge is -2.01. The van der Waals surface area contributed by atoms with Gasteiger partial charge in [-0.25, -0.2) is 0 Å². The molecule has 1 aliphatic rings. The van der Waals surface area contributed by atoms with E-state index < -0.39 is 0 Å². The van der Waals surface area contributed by atoms with Crippen LogP contribution in [0.3, 0.4) is 0 Å². The molecule has 0 heterocycles. The van der Waals surface area contributed by atoms with Crippen LogP contribution in [0.4, 0.5) is 0 Å². The van der Waals surface area contributed by atoms with Crippen LogP contribution in [0.25, 0.3) is 0 Å². The molecule has 3 N–H and O–H groups in total. The fourth-order valence-corrected chi connectivity index (χ4v) is 0.932. The summed E-state index contributed by atoms with van der Waals surface area (Å²) in [6.45, 7) is 0.793. The Morgan fingerprint density at radius 2 is 2.27 bits per heavy atom. The van der Waals surface area contributed by atoms with Crippen LogP contribution < -0.4 is 11.1 Å². The van der Waals surface area contributed by atoms with Crippen molar-refractivity contribution in [2.24, 2.45) is 11.7 Å². The van der Waals surface area contributed by atoms with Crippen LogP contribution in [0.15, 0.2) is 0 Å². The van der Waals surface area contributed by atoms with Crippen LogP contribution in [0.1, 0.15) is 19.3 Å². The van der Waals surface area contributed by atoms with E-state index in [2.05, 4.69) is 17.5 Å². The Hall–Kier alpha value is -0.640. The number of nitrogens with one attached hydrogen (secondary N) is 1. The van der Waals surface area contributed by atoms with E-state index in [1.807, 2.05) is 0 Å². The Labute approximate surface area is 71.3 Å². The molecule has 0 aromatic heterocycles. The Morgan fingerprint density at radius 3 is 2.73 bits per heavy atom. The van der Waals surface area contributed by atoms with Gasteiger partial charge in [-0.05, 0) is 18.8 Å². The van der Waals surface area contributed by atoms with Crippen molar-refractivity contribution in [1.82, 2.24) is 5.32 Å². The topological polar surface area (TPSA) is 55.1 Å². The number of thiocarbonyl (C=S) groups is 1. The second kappa shape index (κ2) is 3.67. The lowest BCUT2D eigenvalue weighted by molar-refractivity contribution is -0.119. The molecule has 11 heavy (non-hydrogen) atoms. The fourth-order valence-electron chi connectivity index (χ4n) is 0.801. The molecule has 0 spiro atoms. The molecule has 1 aliphatic carbocycles. The van der Waals surface area contributed by atoms with E-state index in [9.17, 15) is 4.79 Å². The minimum Gasteiger partial charge on any atom is -0.393 e. The summed E-state index contributed by atoms with van der Waals surface area (Å²) in [5.74, 6) is 0.662. The molecule has 62 valence electrons. The fraction of sp³-hybridized carbons (Fsp3) is 0.714. The summed E-state index contributed by atoms with van der Waals surface area (Å²) < 4.78 is 0. The van der Waals surface area contributed by atoms with Crippen molar-refractivity contribution in [1.29, 1.82) is 0 Å². The maximum absolute atomic E-state index is 10.9. The molecule has 0 aromatic rings. The van der Waals surface area contributed by atoms with Gasteiger partial charge in [-0.2, -0.15) is 0 Å². The van der Waals surface area contributed by atoms with Gasteiger partial charge in [0.05, 0.1) is 11.4 Å². The van der Waals surface area contributed by atoms with E-state index in [4.69, 9.17) is 5.73 Å². The van der Waals surface area contributed by atoms with E-state index in [1.54, 1.807) is 0 Å². The van der Waals surface area contributed by atoms with Crippen LogP contribution in [0.5, 0.6) is 0 Å². The second-order valence-electron chi connectivity index (χ2n) is 2.89. The van der Waals surface area contributed by atoms with Crippen molar-refractivity contribution >= 4 is 23.1 Å². The number of amides is 1.